The summed E-state index contributed by atoms with van der Waals surface area (Å²) < 4.78 is 54.0. The molecule has 0 fully saturated rings. The van der Waals surface area contributed by atoms with E-state index in [0.29, 0.717) is 11.4 Å². The first-order valence-corrected chi connectivity index (χ1v) is 15.9. The van der Waals surface area contributed by atoms with Crippen LogP contribution < -0.4 is 9.80 Å². The predicted molar refractivity (Wildman–Crippen MR) is 196 cm³/mol. The molecule has 0 aromatic heterocycles. The van der Waals surface area contributed by atoms with Gasteiger partial charge in [-0.15, -0.1) is 36.4 Å². The third-order valence-electron chi connectivity index (χ3n) is 7.43. The zero-order valence-electron chi connectivity index (χ0n) is 30.4. The summed E-state index contributed by atoms with van der Waals surface area (Å²) in [6, 6.07) is 29.5. The SMILES string of the molecule is CN(C)C1=CN(c2ccc(F)[c-]c2F)C(N(C)C)C=C1.CN(C)C1=CN(c2ccc(F)[c-]c2F)C(N(C)C)C=C1.[Ti+4].c1cc[cH-]c1.c1cc[cH-]c1. The summed E-state index contributed by atoms with van der Waals surface area (Å²) in [6.45, 7) is 0. The van der Waals surface area contributed by atoms with Gasteiger partial charge in [0.05, 0.1) is 23.7 Å². The first kappa shape index (κ1) is 42.8. The molecule has 0 saturated heterocycles. The summed E-state index contributed by atoms with van der Waals surface area (Å²) in [5.41, 5.74) is 2.47. The van der Waals surface area contributed by atoms with Crippen LogP contribution in [0.4, 0.5) is 28.9 Å². The van der Waals surface area contributed by atoms with Crippen molar-refractivity contribution < 1.29 is 39.3 Å². The Bertz CT molecular complexity index is 1540. The Morgan fingerprint density at radius 2 is 0.882 bits per heavy atom. The van der Waals surface area contributed by atoms with Crippen molar-refractivity contribution in [3.05, 3.63) is 168 Å². The summed E-state index contributed by atoms with van der Waals surface area (Å²) in [7, 11) is 15.3. The van der Waals surface area contributed by atoms with Crippen LogP contribution >= 0.6 is 0 Å². The third-order valence-corrected chi connectivity index (χ3v) is 7.43. The Hall–Kier alpha value is -4.35. The molecule has 4 aromatic carbocycles. The number of allylic oxidation sites excluding steroid dienone is 2. The fourth-order valence-corrected chi connectivity index (χ4v) is 4.79. The van der Waals surface area contributed by atoms with Crippen LogP contribution in [0.3, 0.4) is 0 Å². The molecule has 0 saturated carbocycles. The Balaban J connectivity index is 0.000000273. The second-order valence-electron chi connectivity index (χ2n) is 12.1. The second-order valence-corrected chi connectivity index (χ2v) is 12.1. The van der Waals surface area contributed by atoms with E-state index >= 15 is 0 Å². The maximum absolute atomic E-state index is 14.0. The van der Waals surface area contributed by atoms with Crippen LogP contribution in [0.25, 0.3) is 0 Å². The Kier molecular flexibility index (Phi) is 17.7. The molecule has 11 heteroatoms. The minimum Gasteiger partial charge on any atom is -0.378 e. The van der Waals surface area contributed by atoms with Crippen molar-refractivity contribution >= 4 is 11.4 Å². The largest absolute Gasteiger partial charge is 4.00 e. The molecule has 0 radical (unpaired) electrons. The Morgan fingerprint density at radius 3 is 1.12 bits per heavy atom. The first-order valence-electron chi connectivity index (χ1n) is 15.9. The molecule has 0 spiro atoms. The number of hydrogen-bond donors (Lipinski definition) is 0. The smallest absolute Gasteiger partial charge is 0.378 e. The molecule has 2 atom stereocenters. The van der Waals surface area contributed by atoms with Gasteiger partial charge in [-0.2, -0.15) is 36.4 Å². The van der Waals surface area contributed by atoms with Gasteiger partial charge in [0.25, 0.3) is 0 Å². The summed E-state index contributed by atoms with van der Waals surface area (Å²) in [4.78, 5) is 11.3. The molecule has 4 aromatic rings. The van der Waals surface area contributed by atoms with Gasteiger partial charge in [0.15, 0.2) is 0 Å². The average Bonchev–Trinajstić information content (AvgIpc) is 3.85. The molecule has 6 rings (SSSR count). The zero-order chi connectivity index (χ0) is 36.8. The van der Waals surface area contributed by atoms with Crippen molar-refractivity contribution in [2.45, 2.75) is 12.3 Å². The van der Waals surface area contributed by atoms with Crippen LogP contribution in [0.5, 0.6) is 0 Å². The normalized spacial score (nSPS) is 16.0. The van der Waals surface area contributed by atoms with Crippen molar-refractivity contribution in [2.75, 3.05) is 66.2 Å². The molecular formula is C40H46F4N6Ti. The molecule has 2 unspecified atom stereocenters. The van der Waals surface area contributed by atoms with Crippen LogP contribution in [0, 0.1) is 35.4 Å². The molecular weight excluding hydrogens is 688 g/mol. The van der Waals surface area contributed by atoms with Gasteiger partial charge in [0.2, 0.25) is 0 Å². The number of nitrogens with zero attached hydrogens (tertiary/aromatic N) is 6. The van der Waals surface area contributed by atoms with Gasteiger partial charge in [0.1, 0.15) is 0 Å². The van der Waals surface area contributed by atoms with E-state index in [9.17, 15) is 17.6 Å². The van der Waals surface area contributed by atoms with Crippen molar-refractivity contribution in [2.24, 2.45) is 0 Å². The quantitative estimate of drug-likeness (QED) is 0.114. The van der Waals surface area contributed by atoms with E-state index in [0.717, 1.165) is 11.4 Å². The molecule has 0 amide bonds. The number of likely N-dealkylation sites (N-methyl/N-ethyl adjacent to an activating group) is 4. The minimum absolute atomic E-state index is 0. The fraction of sp³-hybridized carbons (Fsp3) is 0.250. The van der Waals surface area contributed by atoms with Crippen LogP contribution in [-0.4, -0.2) is 88.3 Å². The van der Waals surface area contributed by atoms with E-state index in [1.165, 1.54) is 24.3 Å². The van der Waals surface area contributed by atoms with Gasteiger partial charge < -0.3 is 19.6 Å². The first-order chi connectivity index (χ1) is 23.8. The van der Waals surface area contributed by atoms with Crippen LogP contribution in [0.2, 0.25) is 0 Å². The predicted octanol–water partition coefficient (Wildman–Crippen LogP) is 7.67. The molecule has 6 nitrogen and oxygen atoms in total. The maximum atomic E-state index is 14.0. The molecule has 0 N–H and O–H groups in total. The van der Waals surface area contributed by atoms with E-state index in [1.54, 1.807) is 9.80 Å². The summed E-state index contributed by atoms with van der Waals surface area (Å²) >= 11 is 0. The summed E-state index contributed by atoms with van der Waals surface area (Å²) in [5, 5.41) is 0. The van der Waals surface area contributed by atoms with Crippen molar-refractivity contribution in [1.82, 2.24) is 19.6 Å². The van der Waals surface area contributed by atoms with E-state index in [1.807, 2.05) is 173 Å². The molecule has 2 heterocycles. The number of rotatable bonds is 6. The monoisotopic (exact) mass is 734 g/mol. The molecule has 2 aliphatic heterocycles. The number of halogens is 4. The van der Waals surface area contributed by atoms with Gasteiger partial charge >= 0.3 is 21.7 Å². The summed E-state index contributed by atoms with van der Waals surface area (Å²) in [5.74, 6) is -2.78. The van der Waals surface area contributed by atoms with Gasteiger partial charge in [-0.1, -0.05) is 0 Å². The number of benzene rings is 2. The second kappa shape index (κ2) is 21.1. The topological polar surface area (TPSA) is 19.4 Å². The van der Waals surface area contributed by atoms with Crippen LogP contribution in [0.1, 0.15) is 0 Å². The van der Waals surface area contributed by atoms with Crippen molar-refractivity contribution in [1.29, 1.82) is 0 Å². The summed E-state index contributed by atoms with van der Waals surface area (Å²) in [6.07, 6.45) is 11.3. The molecule has 0 aliphatic carbocycles. The van der Waals surface area contributed by atoms with Gasteiger partial charge in [-0.25, -0.2) is 41.8 Å². The molecule has 268 valence electrons. The third kappa shape index (κ3) is 13.0. The van der Waals surface area contributed by atoms with Gasteiger partial charge in [-0.05, 0) is 63.9 Å². The van der Waals surface area contributed by atoms with E-state index in [4.69, 9.17) is 0 Å². The minimum atomic E-state index is -0.697. The standard InChI is InChI=1S/2C15H18F2N3.2C5H5.Ti/c2*1-18(2)12-6-8-15(19(3)4)20(10-12)14-7-5-11(16)9-13(14)17;2*1-2-4-5-3-1;/h2*5-8,10,15H,1-4H3;2*1-5H;/q4*-1;+4. The molecule has 51 heavy (non-hydrogen) atoms. The number of anilines is 2. The Labute approximate surface area is 316 Å². The molecule has 2 aliphatic rings. The van der Waals surface area contributed by atoms with Crippen molar-refractivity contribution in [3.8, 4) is 0 Å². The van der Waals surface area contributed by atoms with E-state index in [2.05, 4.69) is 12.1 Å². The Morgan fingerprint density at radius 1 is 0.549 bits per heavy atom. The zero-order valence-corrected chi connectivity index (χ0v) is 32.0. The average molecular weight is 735 g/mol. The van der Waals surface area contributed by atoms with Crippen LogP contribution in [0.15, 0.2) is 133 Å². The van der Waals surface area contributed by atoms with Gasteiger partial charge in [0, 0.05) is 63.9 Å². The van der Waals surface area contributed by atoms with E-state index < -0.39 is 23.3 Å². The van der Waals surface area contributed by atoms with E-state index in [-0.39, 0.29) is 34.0 Å². The van der Waals surface area contributed by atoms with Crippen LogP contribution in [-0.2, 0) is 21.7 Å². The number of hydrogen-bond acceptors (Lipinski definition) is 6. The van der Waals surface area contributed by atoms with Crippen molar-refractivity contribution in [3.63, 3.8) is 0 Å². The fourth-order valence-electron chi connectivity index (χ4n) is 4.79. The van der Waals surface area contributed by atoms with Gasteiger partial charge in [-0.3, -0.25) is 9.80 Å². The molecule has 0 bridgehead atoms. The maximum Gasteiger partial charge on any atom is 4.00 e.